The summed E-state index contributed by atoms with van der Waals surface area (Å²) in [6, 6.07) is 1.49. The second kappa shape index (κ2) is 6.78. The molecule has 6 rings (SSSR count). The number of aromatic nitrogens is 4. The molecule has 2 aliphatic heterocycles. The van der Waals surface area contributed by atoms with Crippen LogP contribution in [0.5, 0.6) is 0 Å². The van der Waals surface area contributed by atoms with E-state index in [0.717, 1.165) is 10.5 Å². The number of ether oxygens (including phenoxy) is 2. The molecule has 3 aliphatic rings. The van der Waals surface area contributed by atoms with Crippen LogP contribution in [0.1, 0.15) is 6.04 Å². The molecule has 3 aromatic heterocycles. The number of oxazole rings is 1. The van der Waals surface area contributed by atoms with Crippen LogP contribution in [-0.4, -0.2) is 65.9 Å². The minimum Gasteiger partial charge on any atom is -0.444 e. The predicted molar refractivity (Wildman–Crippen MR) is 105 cm³/mol. The third kappa shape index (κ3) is 2.68. The van der Waals surface area contributed by atoms with Crippen LogP contribution in [0.25, 0.3) is 11.5 Å². The number of nitrogens with zero attached hydrogens (tertiary/aromatic N) is 4. The van der Waals surface area contributed by atoms with Crippen LogP contribution in [-0.2, 0) is 9.47 Å². The SMILES string of the molecule is OC1COC23C1O[C@H](Sc1cncc(Cl)c1)C(O)C2C3n1cc(-c2ncco2)cn1. The molecule has 6 unspecified atom stereocenters. The average Bonchev–Trinajstić information content (AvgIpc) is 3.19. The lowest BCUT2D eigenvalue weighted by Crippen LogP contribution is -2.49. The first-order valence-corrected chi connectivity index (χ1v) is 10.7. The molecular weight excluding hydrogens is 432 g/mol. The molecule has 1 aliphatic carbocycles. The van der Waals surface area contributed by atoms with E-state index in [1.807, 2.05) is 6.20 Å². The van der Waals surface area contributed by atoms with Gasteiger partial charge in [-0.25, -0.2) is 4.98 Å². The zero-order valence-electron chi connectivity index (χ0n) is 15.4. The molecule has 156 valence electrons. The van der Waals surface area contributed by atoms with Crippen LogP contribution in [0.4, 0.5) is 0 Å². The van der Waals surface area contributed by atoms with Crippen molar-refractivity contribution in [3.05, 3.63) is 48.3 Å². The minimum atomic E-state index is -0.838. The molecule has 1 spiro atoms. The van der Waals surface area contributed by atoms with Gasteiger partial charge in [-0.3, -0.25) is 9.67 Å². The van der Waals surface area contributed by atoms with E-state index in [9.17, 15) is 10.2 Å². The van der Waals surface area contributed by atoms with Crippen molar-refractivity contribution in [3.8, 4) is 11.5 Å². The number of halogens is 1. The van der Waals surface area contributed by atoms with Gasteiger partial charge >= 0.3 is 0 Å². The van der Waals surface area contributed by atoms with Gasteiger partial charge in [-0.05, 0) is 6.07 Å². The Kier molecular flexibility index (Phi) is 4.24. The summed E-state index contributed by atoms with van der Waals surface area (Å²) in [4.78, 5) is 9.00. The molecule has 7 atom stereocenters. The highest BCUT2D eigenvalue weighted by atomic mass is 35.5. The number of pyridine rings is 1. The van der Waals surface area contributed by atoms with Gasteiger partial charge in [-0.1, -0.05) is 23.4 Å². The van der Waals surface area contributed by atoms with Crippen molar-refractivity contribution in [3.63, 3.8) is 0 Å². The molecule has 3 fully saturated rings. The molecule has 2 saturated heterocycles. The first-order chi connectivity index (χ1) is 14.6. The average molecular weight is 449 g/mol. The Bertz CT molecular complexity index is 1080. The quantitative estimate of drug-likeness (QED) is 0.615. The number of rotatable bonds is 4. The maximum atomic E-state index is 11.1. The molecular formula is C19H17ClN4O5S. The summed E-state index contributed by atoms with van der Waals surface area (Å²) >= 11 is 7.36. The maximum absolute atomic E-state index is 11.1. The number of aliphatic hydroxyl groups is 2. The normalized spacial score (nSPS) is 37.0. The minimum absolute atomic E-state index is 0.147. The first-order valence-electron chi connectivity index (χ1n) is 9.45. The largest absolute Gasteiger partial charge is 0.444 e. The zero-order chi connectivity index (χ0) is 20.5. The fraction of sp³-hybridized carbons (Fsp3) is 0.421. The molecule has 0 radical (unpaired) electrons. The number of hydrogen-bond acceptors (Lipinski definition) is 9. The fourth-order valence-corrected chi connectivity index (χ4v) is 6.01. The second-order valence-electron chi connectivity index (χ2n) is 7.62. The van der Waals surface area contributed by atoms with E-state index < -0.39 is 29.3 Å². The van der Waals surface area contributed by atoms with Crippen LogP contribution >= 0.6 is 23.4 Å². The Morgan fingerprint density at radius 1 is 1.27 bits per heavy atom. The topological polar surface area (TPSA) is 116 Å². The molecule has 0 amide bonds. The third-order valence-electron chi connectivity index (χ3n) is 5.94. The van der Waals surface area contributed by atoms with E-state index in [2.05, 4.69) is 15.1 Å². The molecule has 9 nitrogen and oxygen atoms in total. The van der Waals surface area contributed by atoms with Crippen LogP contribution < -0.4 is 0 Å². The summed E-state index contributed by atoms with van der Waals surface area (Å²) < 4.78 is 19.2. The van der Waals surface area contributed by atoms with Crippen molar-refractivity contribution in [2.45, 2.75) is 40.3 Å². The van der Waals surface area contributed by atoms with Crippen molar-refractivity contribution in [1.82, 2.24) is 19.7 Å². The highest BCUT2D eigenvalue weighted by Crippen LogP contribution is 2.67. The van der Waals surface area contributed by atoms with Gasteiger partial charge in [0.15, 0.2) is 0 Å². The van der Waals surface area contributed by atoms with Crippen LogP contribution in [0.3, 0.4) is 0 Å². The Labute approximate surface area is 180 Å². The molecule has 0 bridgehead atoms. The van der Waals surface area contributed by atoms with E-state index in [4.69, 9.17) is 25.5 Å². The lowest BCUT2D eigenvalue weighted by atomic mass is 10.0. The number of aliphatic hydroxyl groups excluding tert-OH is 2. The molecule has 1 saturated carbocycles. The molecule has 0 aromatic carbocycles. The number of thioether (sulfide) groups is 1. The Balaban J connectivity index is 1.31. The summed E-state index contributed by atoms with van der Waals surface area (Å²) in [6.45, 7) is 0.147. The zero-order valence-corrected chi connectivity index (χ0v) is 17.0. The molecule has 30 heavy (non-hydrogen) atoms. The van der Waals surface area contributed by atoms with E-state index in [1.165, 1.54) is 18.0 Å². The maximum Gasteiger partial charge on any atom is 0.229 e. The van der Waals surface area contributed by atoms with Gasteiger partial charge in [0, 0.05) is 29.4 Å². The van der Waals surface area contributed by atoms with Crippen LogP contribution in [0, 0.1) is 5.92 Å². The summed E-state index contributed by atoms with van der Waals surface area (Å²) in [6.07, 6.45) is 7.55. The smallest absolute Gasteiger partial charge is 0.229 e. The van der Waals surface area contributed by atoms with Gasteiger partial charge < -0.3 is 24.1 Å². The summed E-state index contributed by atoms with van der Waals surface area (Å²) in [7, 11) is 0. The van der Waals surface area contributed by atoms with E-state index >= 15 is 0 Å². The van der Waals surface area contributed by atoms with Gasteiger partial charge in [-0.15, -0.1) is 0 Å². The molecule has 3 aromatic rings. The van der Waals surface area contributed by atoms with Crippen molar-refractivity contribution in [1.29, 1.82) is 0 Å². The third-order valence-corrected chi connectivity index (χ3v) is 7.26. The monoisotopic (exact) mass is 448 g/mol. The second-order valence-corrected chi connectivity index (χ2v) is 9.23. The first kappa shape index (κ1) is 18.8. The number of hydrogen-bond donors (Lipinski definition) is 2. The summed E-state index contributed by atoms with van der Waals surface area (Å²) in [5.41, 5.74) is -0.694. The van der Waals surface area contributed by atoms with Gasteiger partial charge in [0.05, 0.1) is 41.7 Å². The van der Waals surface area contributed by atoms with Gasteiger partial charge in [0.2, 0.25) is 5.89 Å². The summed E-state index contributed by atoms with van der Waals surface area (Å²) in [5, 5.41) is 26.6. The van der Waals surface area contributed by atoms with E-state index in [1.54, 1.807) is 35.5 Å². The Hall–Kier alpha value is -1.95. The van der Waals surface area contributed by atoms with Crippen molar-refractivity contribution in [2.24, 2.45) is 5.92 Å². The Morgan fingerprint density at radius 3 is 2.97 bits per heavy atom. The van der Waals surface area contributed by atoms with Gasteiger partial charge in [-0.2, -0.15) is 5.10 Å². The Morgan fingerprint density at radius 2 is 2.17 bits per heavy atom. The predicted octanol–water partition coefficient (Wildman–Crippen LogP) is 1.77. The lowest BCUT2D eigenvalue weighted by Gasteiger charge is -2.34. The van der Waals surface area contributed by atoms with Crippen molar-refractivity contribution >= 4 is 23.4 Å². The highest BCUT2D eigenvalue weighted by molar-refractivity contribution is 7.99. The highest BCUT2D eigenvalue weighted by Gasteiger charge is 2.81. The molecule has 5 heterocycles. The van der Waals surface area contributed by atoms with Crippen LogP contribution in [0.15, 0.2) is 52.6 Å². The van der Waals surface area contributed by atoms with E-state index in [-0.39, 0.29) is 18.6 Å². The fourth-order valence-electron chi connectivity index (χ4n) is 4.70. The van der Waals surface area contributed by atoms with Gasteiger partial charge in [0.25, 0.3) is 0 Å². The van der Waals surface area contributed by atoms with Crippen molar-refractivity contribution in [2.75, 3.05) is 6.61 Å². The summed E-state index contributed by atoms with van der Waals surface area (Å²) in [5.74, 6) is 0.181. The van der Waals surface area contributed by atoms with Crippen molar-refractivity contribution < 1.29 is 24.1 Å². The molecule has 11 heteroatoms. The van der Waals surface area contributed by atoms with E-state index in [0.29, 0.717) is 10.9 Å². The van der Waals surface area contributed by atoms with Crippen LogP contribution in [0.2, 0.25) is 5.02 Å². The van der Waals surface area contributed by atoms with Gasteiger partial charge in [0.1, 0.15) is 29.5 Å². The standard InChI is InChI=1S/C19H17ClN4O5S/c20-10-3-11(6-21-5-10)30-18-14(26)13-15(19(13)16(29-18)12(25)8-28-19)24-7-9(4-23-24)17-22-1-2-27-17/h1-7,12-16,18,25-26H,8H2/t12?,13?,14?,15?,16?,18-,19?/m1/s1. The lowest BCUT2D eigenvalue weighted by molar-refractivity contribution is -0.138. The molecule has 2 N–H and O–H groups in total.